The first-order valence-electron chi connectivity index (χ1n) is 7.35. The summed E-state index contributed by atoms with van der Waals surface area (Å²) in [6, 6.07) is 8.33. The van der Waals surface area contributed by atoms with E-state index in [1.807, 2.05) is 6.92 Å². The van der Waals surface area contributed by atoms with Crippen molar-refractivity contribution in [3.8, 4) is 11.5 Å². The Bertz CT molecular complexity index is 812. The Labute approximate surface area is 139 Å². The number of nitrogens with zero attached hydrogens (tertiary/aromatic N) is 2. The first-order valence-corrected chi connectivity index (χ1v) is 7.35. The summed E-state index contributed by atoms with van der Waals surface area (Å²) in [7, 11) is 3.09. The third-order valence-corrected chi connectivity index (χ3v) is 3.41. The summed E-state index contributed by atoms with van der Waals surface area (Å²) in [4.78, 5) is 24.2. The van der Waals surface area contributed by atoms with Crippen LogP contribution in [0.5, 0.6) is 11.5 Å². The lowest BCUT2D eigenvalue weighted by molar-refractivity contribution is 0.0953. The van der Waals surface area contributed by atoms with Crippen LogP contribution < -0.4 is 20.5 Å². The minimum atomic E-state index is -0.569. The lowest BCUT2D eigenvalue weighted by Gasteiger charge is -2.07. The molecule has 0 atom stereocenters. The molecule has 1 N–H and O–H groups in total. The molecule has 0 aliphatic rings. The van der Waals surface area contributed by atoms with Gasteiger partial charge in [-0.15, -0.1) is 0 Å². The smallest absolute Gasteiger partial charge is 0.276 e. The number of hydrogen-bond donors (Lipinski definition) is 1. The van der Waals surface area contributed by atoms with Crippen molar-refractivity contribution in [1.82, 2.24) is 9.99 Å². The summed E-state index contributed by atoms with van der Waals surface area (Å²) in [5, 5.41) is 3.89. The van der Waals surface area contributed by atoms with Crippen molar-refractivity contribution in [2.45, 2.75) is 13.5 Å². The maximum absolute atomic E-state index is 12.1. The predicted molar refractivity (Wildman–Crippen MR) is 91.0 cm³/mol. The molecule has 0 bridgehead atoms. The Balaban J connectivity index is 2.17. The Hall–Kier alpha value is -3.09. The first kappa shape index (κ1) is 17.3. The topological polar surface area (TPSA) is 81.9 Å². The largest absolute Gasteiger partial charge is 0.497 e. The van der Waals surface area contributed by atoms with Crippen LogP contribution in [0.3, 0.4) is 0 Å². The quantitative estimate of drug-likeness (QED) is 0.645. The van der Waals surface area contributed by atoms with E-state index in [9.17, 15) is 9.59 Å². The highest BCUT2D eigenvalue weighted by Crippen LogP contribution is 2.22. The highest BCUT2D eigenvalue weighted by Gasteiger charge is 2.10. The molecule has 7 heteroatoms. The summed E-state index contributed by atoms with van der Waals surface area (Å²) in [6.07, 6.45) is 3.06. The van der Waals surface area contributed by atoms with Gasteiger partial charge in [-0.3, -0.25) is 9.59 Å². The second-order valence-corrected chi connectivity index (χ2v) is 4.82. The van der Waals surface area contributed by atoms with Crippen LogP contribution in [0.2, 0.25) is 0 Å². The second kappa shape index (κ2) is 7.96. The third kappa shape index (κ3) is 3.81. The number of rotatable bonds is 6. The van der Waals surface area contributed by atoms with Crippen molar-refractivity contribution in [1.29, 1.82) is 0 Å². The Kier molecular flexibility index (Phi) is 5.73. The van der Waals surface area contributed by atoms with Gasteiger partial charge in [0, 0.05) is 18.3 Å². The number of aryl methyl sites for hydroxylation is 1. The Morgan fingerprint density at radius 3 is 2.75 bits per heavy atom. The molecule has 0 unspecified atom stereocenters. The van der Waals surface area contributed by atoms with Crippen LogP contribution in [0.4, 0.5) is 0 Å². The average Bonchev–Trinajstić information content (AvgIpc) is 2.61. The molecule has 0 aliphatic heterocycles. The van der Waals surface area contributed by atoms with Gasteiger partial charge in [0.15, 0.2) is 0 Å². The van der Waals surface area contributed by atoms with Gasteiger partial charge in [0.05, 0.1) is 20.4 Å². The zero-order valence-electron chi connectivity index (χ0n) is 13.8. The van der Waals surface area contributed by atoms with Gasteiger partial charge in [0.2, 0.25) is 0 Å². The molecule has 0 fully saturated rings. The van der Waals surface area contributed by atoms with Gasteiger partial charge in [-0.25, -0.2) is 5.43 Å². The standard InChI is InChI=1S/C17H19N3O4/c1-4-20-9-5-6-14(17(20)22)16(21)19-18-11-12-10-13(23-2)7-8-15(12)24-3/h5-11H,4H2,1-3H3,(H,19,21)/b18-11-. The van der Waals surface area contributed by atoms with Crippen LogP contribution in [0.25, 0.3) is 0 Å². The van der Waals surface area contributed by atoms with Crippen LogP contribution in [-0.4, -0.2) is 30.9 Å². The van der Waals surface area contributed by atoms with Crippen LogP contribution in [0.1, 0.15) is 22.8 Å². The molecular formula is C17H19N3O4. The van der Waals surface area contributed by atoms with Crippen molar-refractivity contribution in [3.63, 3.8) is 0 Å². The van der Waals surface area contributed by atoms with Crippen LogP contribution >= 0.6 is 0 Å². The third-order valence-electron chi connectivity index (χ3n) is 3.41. The van der Waals surface area contributed by atoms with E-state index < -0.39 is 5.91 Å². The lowest BCUT2D eigenvalue weighted by Crippen LogP contribution is -2.30. The molecule has 1 amide bonds. The summed E-state index contributed by atoms with van der Waals surface area (Å²) < 4.78 is 11.8. The molecular weight excluding hydrogens is 310 g/mol. The van der Waals surface area contributed by atoms with Crippen LogP contribution in [0, 0.1) is 0 Å². The lowest BCUT2D eigenvalue weighted by atomic mass is 10.2. The number of amides is 1. The predicted octanol–water partition coefficient (Wildman–Crippen LogP) is 1.65. The second-order valence-electron chi connectivity index (χ2n) is 4.82. The highest BCUT2D eigenvalue weighted by atomic mass is 16.5. The number of pyridine rings is 1. The highest BCUT2D eigenvalue weighted by molar-refractivity contribution is 5.94. The number of hydrazone groups is 1. The minimum Gasteiger partial charge on any atom is -0.497 e. The number of nitrogens with one attached hydrogen (secondary N) is 1. The first-order chi connectivity index (χ1) is 11.6. The van der Waals surface area contributed by atoms with E-state index in [4.69, 9.17) is 9.47 Å². The summed E-state index contributed by atoms with van der Waals surface area (Å²) in [5.74, 6) is 0.653. The molecule has 2 aromatic rings. The molecule has 1 aromatic heterocycles. The number of ether oxygens (including phenoxy) is 2. The Morgan fingerprint density at radius 2 is 2.08 bits per heavy atom. The molecule has 2 rings (SSSR count). The normalized spacial score (nSPS) is 10.6. The van der Waals surface area contributed by atoms with Gasteiger partial charge in [-0.1, -0.05) is 0 Å². The minimum absolute atomic E-state index is 0.0362. The molecule has 0 spiro atoms. The number of hydrogen-bond acceptors (Lipinski definition) is 5. The Morgan fingerprint density at radius 1 is 1.29 bits per heavy atom. The SMILES string of the molecule is CCn1cccc(C(=O)N/N=C\c2cc(OC)ccc2OC)c1=O. The molecule has 0 aliphatic carbocycles. The zero-order chi connectivity index (χ0) is 17.5. The van der Waals surface area contributed by atoms with Crippen LogP contribution in [-0.2, 0) is 6.54 Å². The van der Waals surface area contributed by atoms with E-state index in [-0.39, 0.29) is 11.1 Å². The maximum Gasteiger partial charge on any atom is 0.276 e. The summed E-state index contributed by atoms with van der Waals surface area (Å²) >= 11 is 0. The maximum atomic E-state index is 12.1. The number of methoxy groups -OCH3 is 2. The van der Waals surface area contributed by atoms with Gasteiger partial charge >= 0.3 is 0 Å². The van der Waals surface area contributed by atoms with E-state index in [0.717, 1.165) is 0 Å². The number of carbonyl (C=O) groups excluding carboxylic acids is 1. The van der Waals surface area contributed by atoms with Crippen molar-refractivity contribution in [2.24, 2.45) is 5.10 Å². The fourth-order valence-corrected chi connectivity index (χ4v) is 2.12. The average molecular weight is 329 g/mol. The summed E-state index contributed by atoms with van der Waals surface area (Å²) in [6.45, 7) is 2.32. The zero-order valence-corrected chi connectivity index (χ0v) is 13.8. The molecule has 0 saturated carbocycles. The molecule has 126 valence electrons. The van der Waals surface area contributed by atoms with Gasteiger partial charge < -0.3 is 14.0 Å². The van der Waals surface area contributed by atoms with Gasteiger partial charge in [-0.2, -0.15) is 5.10 Å². The van der Waals surface area contributed by atoms with Crippen LogP contribution in [0.15, 0.2) is 46.4 Å². The van der Waals surface area contributed by atoms with E-state index in [1.165, 1.54) is 24.0 Å². The molecule has 0 radical (unpaired) electrons. The van der Waals surface area contributed by atoms with E-state index >= 15 is 0 Å². The van der Waals surface area contributed by atoms with Gasteiger partial charge in [-0.05, 0) is 37.3 Å². The monoisotopic (exact) mass is 329 g/mol. The molecule has 0 saturated heterocycles. The summed E-state index contributed by atoms with van der Waals surface area (Å²) in [5.41, 5.74) is 2.67. The van der Waals surface area contributed by atoms with Crippen molar-refractivity contribution in [3.05, 3.63) is 58.0 Å². The van der Waals surface area contributed by atoms with E-state index in [2.05, 4.69) is 10.5 Å². The number of carbonyl (C=O) groups is 1. The van der Waals surface area contributed by atoms with Crippen molar-refractivity contribution >= 4 is 12.1 Å². The van der Waals surface area contributed by atoms with E-state index in [1.54, 1.807) is 37.6 Å². The van der Waals surface area contributed by atoms with Gasteiger partial charge in [0.25, 0.3) is 11.5 Å². The fraction of sp³-hybridized carbons (Fsp3) is 0.235. The number of aromatic nitrogens is 1. The molecule has 24 heavy (non-hydrogen) atoms. The fourth-order valence-electron chi connectivity index (χ4n) is 2.12. The number of benzene rings is 1. The van der Waals surface area contributed by atoms with Crippen molar-refractivity contribution < 1.29 is 14.3 Å². The molecule has 1 aromatic carbocycles. The van der Waals surface area contributed by atoms with Crippen molar-refractivity contribution in [2.75, 3.05) is 14.2 Å². The van der Waals surface area contributed by atoms with E-state index in [0.29, 0.717) is 23.6 Å². The van der Waals surface area contributed by atoms with Gasteiger partial charge in [0.1, 0.15) is 17.1 Å². The molecule has 1 heterocycles. The molecule has 7 nitrogen and oxygen atoms in total.